The van der Waals surface area contributed by atoms with Gasteiger partial charge in [-0.05, 0) is 55.6 Å². The Morgan fingerprint density at radius 3 is 3.05 bits per heavy atom. The molecule has 1 atom stereocenters. The first kappa shape index (κ1) is 12.5. The molecule has 0 aromatic heterocycles. The van der Waals surface area contributed by atoms with Gasteiger partial charge in [0.1, 0.15) is 0 Å². The molecule has 0 radical (unpaired) electrons. The summed E-state index contributed by atoms with van der Waals surface area (Å²) in [5.41, 5.74) is 3.52. The Labute approximate surface area is 114 Å². The van der Waals surface area contributed by atoms with Crippen molar-refractivity contribution in [3.63, 3.8) is 0 Å². The zero-order valence-corrected chi connectivity index (χ0v) is 11.4. The van der Waals surface area contributed by atoms with Crippen molar-refractivity contribution in [2.24, 2.45) is 5.92 Å². The molecule has 4 heteroatoms. The van der Waals surface area contributed by atoms with E-state index in [1.807, 2.05) is 11.9 Å². The van der Waals surface area contributed by atoms with Gasteiger partial charge in [0.25, 0.3) is 0 Å². The van der Waals surface area contributed by atoms with Gasteiger partial charge in [0.05, 0.1) is 0 Å². The lowest BCUT2D eigenvalue weighted by atomic mass is 9.98. The molecule has 1 fully saturated rings. The molecule has 0 spiro atoms. The van der Waals surface area contributed by atoms with Crippen LogP contribution in [0.3, 0.4) is 0 Å². The lowest BCUT2D eigenvalue weighted by molar-refractivity contribution is -0.119. The fourth-order valence-electron chi connectivity index (χ4n) is 3.04. The van der Waals surface area contributed by atoms with E-state index in [1.165, 1.54) is 12.0 Å². The summed E-state index contributed by atoms with van der Waals surface area (Å²) in [6.07, 6.45) is 2.68. The van der Waals surface area contributed by atoms with Crippen molar-refractivity contribution in [3.8, 4) is 0 Å². The van der Waals surface area contributed by atoms with E-state index in [0.29, 0.717) is 12.3 Å². The minimum atomic E-state index is 0.275. The van der Waals surface area contributed by atoms with Gasteiger partial charge in [0.15, 0.2) is 0 Å². The lowest BCUT2D eigenvalue weighted by Gasteiger charge is -2.31. The summed E-state index contributed by atoms with van der Waals surface area (Å²) in [5, 5.41) is 6.53. The van der Waals surface area contributed by atoms with Gasteiger partial charge in [0.2, 0.25) is 5.91 Å². The number of amides is 1. The van der Waals surface area contributed by atoms with Crippen molar-refractivity contribution < 1.29 is 4.79 Å². The number of benzene rings is 1. The summed E-state index contributed by atoms with van der Waals surface area (Å²) in [6.45, 7) is 2.98. The van der Waals surface area contributed by atoms with Crippen LogP contribution in [0.2, 0.25) is 0 Å². The number of nitrogens with one attached hydrogen (secondary N) is 2. The second-order valence-electron chi connectivity index (χ2n) is 5.46. The van der Waals surface area contributed by atoms with Crippen LogP contribution in [0.1, 0.15) is 18.4 Å². The van der Waals surface area contributed by atoms with E-state index in [2.05, 4.69) is 28.8 Å². The molecule has 1 aromatic carbocycles. The van der Waals surface area contributed by atoms with Crippen molar-refractivity contribution in [1.82, 2.24) is 5.32 Å². The zero-order valence-electron chi connectivity index (χ0n) is 11.4. The fourth-order valence-corrected chi connectivity index (χ4v) is 3.04. The van der Waals surface area contributed by atoms with E-state index in [4.69, 9.17) is 0 Å². The molecule has 4 nitrogen and oxygen atoms in total. The Morgan fingerprint density at radius 1 is 1.42 bits per heavy atom. The summed E-state index contributed by atoms with van der Waals surface area (Å²) in [6, 6.07) is 6.31. The molecule has 102 valence electrons. The van der Waals surface area contributed by atoms with E-state index in [0.717, 1.165) is 37.4 Å². The van der Waals surface area contributed by atoms with Crippen LogP contribution < -0.4 is 15.5 Å². The van der Waals surface area contributed by atoms with Gasteiger partial charge in [-0.3, -0.25) is 4.79 Å². The predicted octanol–water partition coefficient (Wildman–Crippen LogP) is 1.62. The Hall–Kier alpha value is -1.55. The third-order valence-electron chi connectivity index (χ3n) is 4.17. The summed E-state index contributed by atoms with van der Waals surface area (Å²) >= 11 is 0. The normalized spacial score (nSPS) is 22.5. The van der Waals surface area contributed by atoms with Crippen LogP contribution in [-0.4, -0.2) is 32.6 Å². The van der Waals surface area contributed by atoms with Gasteiger partial charge >= 0.3 is 0 Å². The molecule has 2 heterocycles. The van der Waals surface area contributed by atoms with Crippen LogP contribution in [0.25, 0.3) is 0 Å². The van der Waals surface area contributed by atoms with Crippen LogP contribution in [0.4, 0.5) is 11.4 Å². The highest BCUT2D eigenvalue weighted by Gasteiger charge is 2.27. The molecular formula is C15H21N3O. The number of hydrogen-bond acceptors (Lipinski definition) is 3. The molecule has 0 aliphatic carbocycles. The predicted molar refractivity (Wildman–Crippen MR) is 77.6 cm³/mol. The highest BCUT2D eigenvalue weighted by Crippen LogP contribution is 2.31. The van der Waals surface area contributed by atoms with Crippen LogP contribution >= 0.6 is 0 Å². The number of aryl methyl sites for hydroxylation is 1. The molecule has 1 saturated heterocycles. The topological polar surface area (TPSA) is 44.4 Å². The van der Waals surface area contributed by atoms with Crippen molar-refractivity contribution in [2.75, 3.05) is 36.9 Å². The monoisotopic (exact) mass is 259 g/mol. The number of carbonyl (C=O) groups excluding carboxylic acids is 1. The Bertz CT molecular complexity index is 480. The summed E-state index contributed by atoms with van der Waals surface area (Å²) in [4.78, 5) is 14.2. The van der Waals surface area contributed by atoms with Crippen LogP contribution in [0.15, 0.2) is 18.2 Å². The maximum atomic E-state index is 12.2. The second kappa shape index (κ2) is 5.21. The fraction of sp³-hybridized carbons (Fsp3) is 0.533. The van der Waals surface area contributed by atoms with E-state index in [9.17, 15) is 4.79 Å². The molecule has 1 unspecified atom stereocenters. The molecule has 2 aliphatic heterocycles. The summed E-state index contributed by atoms with van der Waals surface area (Å²) in [5.74, 6) is 0.871. The number of rotatable bonds is 3. The highest BCUT2D eigenvalue weighted by atomic mass is 16.2. The number of carbonyl (C=O) groups is 1. The molecule has 2 N–H and O–H groups in total. The lowest BCUT2D eigenvalue weighted by Crippen LogP contribution is -2.39. The van der Waals surface area contributed by atoms with Crippen LogP contribution in [0, 0.1) is 5.92 Å². The first-order valence-electron chi connectivity index (χ1n) is 7.09. The van der Waals surface area contributed by atoms with Crippen molar-refractivity contribution in [3.05, 3.63) is 23.8 Å². The standard InChI is InChI=1S/C15H21N3O/c1-16-13-3-4-14-12(8-13)2-5-15(19)18(14)10-11-6-7-17-9-11/h3-4,8,11,16-17H,2,5-7,9-10H2,1H3. The van der Waals surface area contributed by atoms with E-state index in [-0.39, 0.29) is 5.91 Å². The molecule has 1 aromatic rings. The maximum Gasteiger partial charge on any atom is 0.227 e. The number of nitrogens with zero attached hydrogens (tertiary/aromatic N) is 1. The number of hydrogen-bond donors (Lipinski definition) is 2. The van der Waals surface area contributed by atoms with Crippen molar-refractivity contribution in [2.45, 2.75) is 19.3 Å². The number of anilines is 2. The molecule has 0 bridgehead atoms. The Balaban J connectivity index is 1.85. The van der Waals surface area contributed by atoms with Crippen LogP contribution in [0.5, 0.6) is 0 Å². The average molecular weight is 259 g/mol. The third kappa shape index (κ3) is 2.45. The Kier molecular flexibility index (Phi) is 3.42. The maximum absolute atomic E-state index is 12.2. The van der Waals surface area contributed by atoms with Gasteiger partial charge in [-0.15, -0.1) is 0 Å². The minimum Gasteiger partial charge on any atom is -0.388 e. The highest BCUT2D eigenvalue weighted by molar-refractivity contribution is 5.96. The van der Waals surface area contributed by atoms with Crippen LogP contribution in [-0.2, 0) is 11.2 Å². The van der Waals surface area contributed by atoms with Crippen molar-refractivity contribution >= 4 is 17.3 Å². The van der Waals surface area contributed by atoms with Gasteiger partial charge in [-0.25, -0.2) is 0 Å². The molecule has 19 heavy (non-hydrogen) atoms. The third-order valence-corrected chi connectivity index (χ3v) is 4.17. The first-order chi connectivity index (χ1) is 9.28. The molecule has 0 saturated carbocycles. The largest absolute Gasteiger partial charge is 0.388 e. The minimum absolute atomic E-state index is 0.275. The molecule has 3 rings (SSSR count). The van der Waals surface area contributed by atoms with Gasteiger partial charge in [-0.1, -0.05) is 0 Å². The molecule has 2 aliphatic rings. The molecular weight excluding hydrogens is 238 g/mol. The van der Waals surface area contributed by atoms with Gasteiger partial charge in [0, 0.05) is 31.4 Å². The smallest absolute Gasteiger partial charge is 0.227 e. The van der Waals surface area contributed by atoms with E-state index in [1.54, 1.807) is 0 Å². The molecule has 1 amide bonds. The van der Waals surface area contributed by atoms with Gasteiger partial charge in [-0.2, -0.15) is 0 Å². The van der Waals surface area contributed by atoms with Crippen molar-refractivity contribution in [1.29, 1.82) is 0 Å². The zero-order chi connectivity index (χ0) is 13.2. The average Bonchev–Trinajstić information content (AvgIpc) is 2.94. The Morgan fingerprint density at radius 2 is 2.32 bits per heavy atom. The second-order valence-corrected chi connectivity index (χ2v) is 5.46. The van der Waals surface area contributed by atoms with Gasteiger partial charge < -0.3 is 15.5 Å². The summed E-state index contributed by atoms with van der Waals surface area (Å²) < 4.78 is 0. The summed E-state index contributed by atoms with van der Waals surface area (Å²) in [7, 11) is 1.93. The quantitative estimate of drug-likeness (QED) is 0.867. The number of fused-ring (bicyclic) bond motifs is 1. The van der Waals surface area contributed by atoms with E-state index >= 15 is 0 Å². The SMILES string of the molecule is CNc1ccc2c(c1)CCC(=O)N2CC1CCNC1. The van der Waals surface area contributed by atoms with E-state index < -0.39 is 0 Å². The first-order valence-corrected chi connectivity index (χ1v) is 7.09.